The molecule has 2 heteroatoms. The van der Waals surface area contributed by atoms with Gasteiger partial charge in [0.05, 0.1) is 16.7 Å². The molecule has 13 rings (SSSR count). The largest absolute Gasteiger partial charge is 0.309 e. The van der Waals surface area contributed by atoms with E-state index in [4.69, 9.17) is 0 Å². The Morgan fingerprint density at radius 3 is 1.31 bits per heavy atom. The molecule has 0 saturated heterocycles. The maximum Gasteiger partial charge on any atom is 0.0618 e. The minimum atomic E-state index is 1.09. The molecule has 0 aliphatic carbocycles. The highest BCUT2D eigenvalue weighted by Gasteiger charge is 2.26. The fourth-order valence-corrected chi connectivity index (χ4v) is 11.0. The molecule has 0 spiro atoms. The molecule has 13 aromatic rings. The summed E-state index contributed by atoms with van der Waals surface area (Å²) in [6, 6.07) is 91.4. The molecule has 2 nitrogen and oxygen atoms in total. The average Bonchev–Trinajstić information content (AvgIpc) is 3.73. The number of rotatable bonds is 7. The van der Waals surface area contributed by atoms with Gasteiger partial charge in [-0.1, -0.05) is 206 Å². The van der Waals surface area contributed by atoms with Gasteiger partial charge in [-0.3, -0.25) is 0 Å². The van der Waals surface area contributed by atoms with Gasteiger partial charge in [0.1, 0.15) is 0 Å². The fourth-order valence-electron chi connectivity index (χ4n) is 11.0. The van der Waals surface area contributed by atoms with E-state index in [1.165, 1.54) is 104 Å². The van der Waals surface area contributed by atoms with E-state index in [0.29, 0.717) is 0 Å². The Morgan fingerprint density at radius 2 is 0.716 bits per heavy atom. The summed E-state index contributed by atoms with van der Waals surface area (Å²) in [4.78, 5) is 2.47. The topological polar surface area (TPSA) is 8.17 Å². The molecule has 0 N–H and O–H groups in total. The fraction of sp³-hybridized carbons (Fsp3) is 0.0154. The molecule has 0 saturated carbocycles. The zero-order valence-electron chi connectivity index (χ0n) is 37.1. The van der Waals surface area contributed by atoms with Gasteiger partial charge in [0.15, 0.2) is 0 Å². The van der Waals surface area contributed by atoms with Gasteiger partial charge < -0.3 is 9.47 Å². The third-order valence-electron chi connectivity index (χ3n) is 13.8. The predicted octanol–water partition coefficient (Wildman–Crippen LogP) is 18.2. The van der Waals surface area contributed by atoms with Crippen molar-refractivity contribution >= 4 is 82.0 Å². The molecule has 0 aliphatic rings. The van der Waals surface area contributed by atoms with Crippen LogP contribution in [0.5, 0.6) is 0 Å². The molecular weight excluding hydrogens is 809 g/mol. The van der Waals surface area contributed by atoms with Gasteiger partial charge in [-0.2, -0.15) is 0 Å². The van der Waals surface area contributed by atoms with Crippen molar-refractivity contribution in [3.63, 3.8) is 0 Å². The number of aromatic nitrogens is 1. The molecule has 67 heavy (non-hydrogen) atoms. The lowest BCUT2D eigenvalue weighted by Crippen LogP contribution is -2.11. The molecule has 0 radical (unpaired) electrons. The lowest BCUT2D eigenvalue weighted by atomic mass is 9.81. The van der Waals surface area contributed by atoms with Gasteiger partial charge in [-0.15, -0.1) is 0 Å². The maximum atomic E-state index is 2.47. The van der Waals surface area contributed by atoms with E-state index in [9.17, 15) is 0 Å². The molecule has 314 valence electrons. The lowest BCUT2D eigenvalue weighted by Gasteiger charge is -2.30. The van der Waals surface area contributed by atoms with Crippen LogP contribution in [0.1, 0.15) is 5.56 Å². The molecule has 0 bridgehead atoms. The van der Waals surface area contributed by atoms with Crippen molar-refractivity contribution in [1.29, 1.82) is 0 Å². The number of nitrogens with zero attached hydrogens (tertiary/aromatic N) is 2. The Balaban J connectivity index is 1.08. The highest BCUT2D eigenvalue weighted by Crippen LogP contribution is 2.53. The van der Waals surface area contributed by atoms with E-state index in [2.05, 4.69) is 265 Å². The molecule has 0 unspecified atom stereocenters. The Bertz CT molecular complexity index is 3920. The molecule has 1 heterocycles. The van der Waals surface area contributed by atoms with Crippen LogP contribution in [-0.4, -0.2) is 4.57 Å². The normalized spacial score (nSPS) is 11.7. The predicted molar refractivity (Wildman–Crippen MR) is 287 cm³/mol. The number of anilines is 3. The molecule has 0 fully saturated rings. The summed E-state index contributed by atoms with van der Waals surface area (Å²) in [5.41, 5.74) is 15.6. The van der Waals surface area contributed by atoms with E-state index >= 15 is 0 Å². The van der Waals surface area contributed by atoms with Crippen molar-refractivity contribution in [2.75, 3.05) is 4.90 Å². The number of para-hydroxylation sites is 3. The summed E-state index contributed by atoms with van der Waals surface area (Å²) in [5, 5.41) is 12.3. The van der Waals surface area contributed by atoms with Crippen LogP contribution in [0.25, 0.3) is 104 Å². The number of hydrogen-bond acceptors (Lipinski definition) is 1. The second-order valence-corrected chi connectivity index (χ2v) is 17.6. The van der Waals surface area contributed by atoms with E-state index in [1.54, 1.807) is 0 Å². The second kappa shape index (κ2) is 15.8. The number of hydrogen-bond donors (Lipinski definition) is 0. The van der Waals surface area contributed by atoms with Gasteiger partial charge in [0, 0.05) is 38.6 Å². The summed E-state index contributed by atoms with van der Waals surface area (Å²) < 4.78 is 2.39. The van der Waals surface area contributed by atoms with Crippen LogP contribution in [0.15, 0.2) is 249 Å². The Kier molecular flexibility index (Phi) is 9.11. The lowest BCUT2D eigenvalue weighted by molar-refractivity contribution is 1.17. The quantitative estimate of drug-likeness (QED) is 0.145. The van der Waals surface area contributed by atoms with Gasteiger partial charge in [0.25, 0.3) is 0 Å². The van der Waals surface area contributed by atoms with Crippen LogP contribution in [-0.2, 0) is 0 Å². The van der Waals surface area contributed by atoms with E-state index < -0.39 is 0 Å². The van der Waals surface area contributed by atoms with Crippen molar-refractivity contribution in [2.45, 2.75) is 6.92 Å². The summed E-state index contributed by atoms with van der Waals surface area (Å²) in [5.74, 6) is 0. The van der Waals surface area contributed by atoms with Crippen molar-refractivity contribution in [2.24, 2.45) is 0 Å². The third-order valence-corrected chi connectivity index (χ3v) is 13.8. The van der Waals surface area contributed by atoms with Crippen molar-refractivity contribution < 1.29 is 0 Å². The first-order valence-corrected chi connectivity index (χ1v) is 23.2. The highest BCUT2D eigenvalue weighted by atomic mass is 15.1. The van der Waals surface area contributed by atoms with Gasteiger partial charge in [0.2, 0.25) is 0 Å². The summed E-state index contributed by atoms with van der Waals surface area (Å²) in [6.45, 7) is 2.22. The van der Waals surface area contributed by atoms with Gasteiger partial charge in [-0.05, 0) is 121 Å². The molecule has 0 amide bonds. The number of aryl methyl sites for hydroxylation is 1. The Morgan fingerprint density at radius 1 is 0.299 bits per heavy atom. The van der Waals surface area contributed by atoms with Crippen LogP contribution in [0.2, 0.25) is 0 Å². The first-order chi connectivity index (χ1) is 33.2. The molecule has 0 aliphatic heterocycles. The first kappa shape index (κ1) is 38.7. The van der Waals surface area contributed by atoms with Crippen LogP contribution in [0.3, 0.4) is 0 Å². The van der Waals surface area contributed by atoms with Crippen molar-refractivity contribution in [1.82, 2.24) is 4.57 Å². The van der Waals surface area contributed by atoms with Gasteiger partial charge >= 0.3 is 0 Å². The maximum absolute atomic E-state index is 2.47. The van der Waals surface area contributed by atoms with Crippen LogP contribution in [0.4, 0.5) is 17.1 Å². The number of fused-ring (bicyclic) bond motifs is 7. The molecule has 0 atom stereocenters. The van der Waals surface area contributed by atoms with Gasteiger partial charge in [-0.25, -0.2) is 0 Å². The zero-order chi connectivity index (χ0) is 44.4. The monoisotopic (exact) mass is 852 g/mol. The summed E-state index contributed by atoms with van der Waals surface area (Å²) in [7, 11) is 0. The van der Waals surface area contributed by atoms with E-state index in [0.717, 1.165) is 22.7 Å². The highest BCUT2D eigenvalue weighted by molar-refractivity contribution is 6.30. The average molecular weight is 853 g/mol. The Hall–Kier alpha value is -8.72. The van der Waals surface area contributed by atoms with Crippen molar-refractivity contribution in [3.8, 4) is 39.1 Å². The summed E-state index contributed by atoms with van der Waals surface area (Å²) in [6.07, 6.45) is 0. The minimum absolute atomic E-state index is 1.09. The second-order valence-electron chi connectivity index (χ2n) is 17.6. The van der Waals surface area contributed by atoms with Crippen LogP contribution >= 0.6 is 0 Å². The van der Waals surface area contributed by atoms with E-state index in [1.807, 2.05) is 0 Å². The molecular formula is C65H44N2. The minimum Gasteiger partial charge on any atom is -0.309 e. The SMILES string of the molecule is Cc1ccc2c(-c3ccccc3-c3ccccc3)c3ccccc3c(-c3c4ccccc4c(N(c4ccccc4)c4ccc(-n5c6ccccc6c6ccccc65)cc4)c4ccccc34)c2c1. The zero-order valence-corrected chi connectivity index (χ0v) is 37.1. The van der Waals surface area contributed by atoms with Crippen LogP contribution in [0, 0.1) is 6.92 Å². The molecule has 12 aromatic carbocycles. The van der Waals surface area contributed by atoms with Crippen molar-refractivity contribution in [3.05, 3.63) is 254 Å². The van der Waals surface area contributed by atoms with E-state index in [-0.39, 0.29) is 0 Å². The summed E-state index contributed by atoms with van der Waals surface area (Å²) >= 11 is 0. The standard InChI is InChI=1S/C65H44N2/c1-43-36-41-56-59(42-43)64(53-29-11-10-28-52(53)62(56)51-27-9-8-24-48(51)44-20-4-2-5-21-44)63-54-30-12-14-32-57(54)65(58-33-15-13-31-55(58)63)66(45-22-6-3-7-23-45)46-37-39-47(40-38-46)67-60-34-18-16-25-49(60)50-26-17-19-35-61(50)67/h2-42H,1H3. The first-order valence-electron chi connectivity index (χ1n) is 23.2. The molecule has 1 aromatic heterocycles. The smallest absolute Gasteiger partial charge is 0.0618 e. The number of benzene rings is 12. The third kappa shape index (κ3) is 6.18. The Labute approximate surface area is 389 Å². The van der Waals surface area contributed by atoms with Crippen LogP contribution < -0.4 is 4.90 Å².